The molecule has 0 spiro atoms. The normalized spacial score (nSPS) is 19.3. The van der Waals surface area contributed by atoms with Gasteiger partial charge in [0.2, 0.25) is 11.8 Å². The standard InChI is InChI=1S/C21H26N2O3/c1-23(14-11-17-6-3-2-4-7-17)20(25)10-13-21(12-9-19(24)22-21)16-18-8-5-15-26-18/h2-8,15H,9-14,16H2,1H3,(H,22,24). The lowest BCUT2D eigenvalue weighted by molar-refractivity contribution is -0.130. The van der Waals surface area contributed by atoms with E-state index in [0.29, 0.717) is 32.2 Å². The van der Waals surface area contributed by atoms with Crippen molar-refractivity contribution in [2.45, 2.75) is 44.1 Å². The Kier molecular flexibility index (Phi) is 5.76. The minimum Gasteiger partial charge on any atom is -0.469 e. The summed E-state index contributed by atoms with van der Waals surface area (Å²) in [6, 6.07) is 13.9. The number of nitrogens with zero attached hydrogens (tertiary/aromatic N) is 1. The van der Waals surface area contributed by atoms with E-state index in [0.717, 1.165) is 18.6 Å². The van der Waals surface area contributed by atoms with Crippen molar-refractivity contribution in [1.29, 1.82) is 0 Å². The van der Waals surface area contributed by atoms with E-state index < -0.39 is 0 Å². The third-order valence-corrected chi connectivity index (χ3v) is 5.15. The Balaban J connectivity index is 1.53. The van der Waals surface area contributed by atoms with Crippen LogP contribution in [0.1, 0.15) is 37.0 Å². The van der Waals surface area contributed by atoms with Crippen LogP contribution in [0.3, 0.4) is 0 Å². The Morgan fingerprint density at radius 2 is 2.04 bits per heavy atom. The molecule has 0 saturated carbocycles. The molecule has 5 heteroatoms. The summed E-state index contributed by atoms with van der Waals surface area (Å²) in [5, 5.41) is 3.09. The van der Waals surface area contributed by atoms with E-state index in [4.69, 9.17) is 4.42 Å². The van der Waals surface area contributed by atoms with Gasteiger partial charge in [0.15, 0.2) is 0 Å². The van der Waals surface area contributed by atoms with Crippen LogP contribution in [0.4, 0.5) is 0 Å². The van der Waals surface area contributed by atoms with Crippen LogP contribution in [0.15, 0.2) is 53.1 Å². The molecule has 3 rings (SSSR count). The van der Waals surface area contributed by atoms with Crippen molar-refractivity contribution in [3.8, 4) is 0 Å². The smallest absolute Gasteiger partial charge is 0.222 e. The van der Waals surface area contributed by atoms with Crippen molar-refractivity contribution in [1.82, 2.24) is 10.2 Å². The number of furan rings is 1. The van der Waals surface area contributed by atoms with Crippen molar-refractivity contribution in [2.75, 3.05) is 13.6 Å². The summed E-state index contributed by atoms with van der Waals surface area (Å²) in [6.07, 6.45) is 5.43. The maximum atomic E-state index is 12.5. The van der Waals surface area contributed by atoms with Crippen molar-refractivity contribution < 1.29 is 14.0 Å². The van der Waals surface area contributed by atoms with Crippen LogP contribution >= 0.6 is 0 Å². The van der Waals surface area contributed by atoms with Crippen molar-refractivity contribution >= 4 is 11.8 Å². The monoisotopic (exact) mass is 354 g/mol. The molecule has 1 aromatic carbocycles. The number of hydrogen-bond acceptors (Lipinski definition) is 3. The molecule has 138 valence electrons. The highest BCUT2D eigenvalue weighted by molar-refractivity contribution is 5.80. The molecule has 0 bridgehead atoms. The summed E-state index contributed by atoms with van der Waals surface area (Å²) in [6.45, 7) is 0.695. The Morgan fingerprint density at radius 3 is 2.69 bits per heavy atom. The van der Waals surface area contributed by atoms with Gasteiger partial charge in [0.25, 0.3) is 0 Å². The Hall–Kier alpha value is -2.56. The summed E-state index contributed by atoms with van der Waals surface area (Å²) in [7, 11) is 1.84. The topological polar surface area (TPSA) is 62.6 Å². The third kappa shape index (κ3) is 4.75. The van der Waals surface area contributed by atoms with Gasteiger partial charge >= 0.3 is 0 Å². The van der Waals surface area contributed by atoms with Gasteiger partial charge in [-0.2, -0.15) is 0 Å². The second kappa shape index (κ2) is 8.21. The van der Waals surface area contributed by atoms with E-state index in [1.165, 1.54) is 5.56 Å². The number of hydrogen-bond donors (Lipinski definition) is 1. The number of benzene rings is 1. The van der Waals surface area contributed by atoms with E-state index in [-0.39, 0.29) is 17.4 Å². The number of carbonyl (C=O) groups is 2. The zero-order chi connectivity index (χ0) is 18.4. The van der Waals surface area contributed by atoms with Crippen LogP contribution in [-0.4, -0.2) is 35.8 Å². The van der Waals surface area contributed by atoms with Gasteiger partial charge in [-0.05, 0) is 37.0 Å². The first-order valence-electron chi connectivity index (χ1n) is 9.18. The molecule has 2 heterocycles. The molecule has 1 aliphatic heterocycles. The number of amides is 2. The molecular weight excluding hydrogens is 328 g/mol. The third-order valence-electron chi connectivity index (χ3n) is 5.15. The molecule has 2 aromatic rings. The molecule has 1 atom stereocenters. The zero-order valence-electron chi connectivity index (χ0n) is 15.2. The Labute approximate surface area is 154 Å². The lowest BCUT2D eigenvalue weighted by Crippen LogP contribution is -2.44. The molecule has 1 fully saturated rings. The minimum absolute atomic E-state index is 0.0569. The van der Waals surface area contributed by atoms with Crippen LogP contribution in [-0.2, 0) is 22.4 Å². The number of rotatable bonds is 8. The predicted octanol–water partition coefficient (Wildman–Crippen LogP) is 2.95. The number of likely N-dealkylation sites (N-methyl/N-ethyl adjacent to an activating group) is 1. The summed E-state index contributed by atoms with van der Waals surface area (Å²) in [4.78, 5) is 26.1. The van der Waals surface area contributed by atoms with E-state index in [2.05, 4.69) is 17.4 Å². The molecule has 1 aliphatic rings. The van der Waals surface area contributed by atoms with Crippen molar-refractivity contribution in [3.05, 3.63) is 60.1 Å². The van der Waals surface area contributed by atoms with Crippen LogP contribution in [0.5, 0.6) is 0 Å². The van der Waals surface area contributed by atoms with Gasteiger partial charge in [0.1, 0.15) is 5.76 Å². The van der Waals surface area contributed by atoms with Gasteiger partial charge in [-0.15, -0.1) is 0 Å². The molecule has 0 radical (unpaired) electrons. The molecule has 1 unspecified atom stereocenters. The van der Waals surface area contributed by atoms with Crippen LogP contribution in [0.2, 0.25) is 0 Å². The summed E-state index contributed by atoms with van der Waals surface area (Å²) >= 11 is 0. The molecule has 1 N–H and O–H groups in total. The summed E-state index contributed by atoms with van der Waals surface area (Å²) in [5.41, 5.74) is 0.856. The Morgan fingerprint density at radius 1 is 1.23 bits per heavy atom. The van der Waals surface area contributed by atoms with Gasteiger partial charge in [0.05, 0.1) is 6.26 Å². The second-order valence-corrected chi connectivity index (χ2v) is 7.14. The molecular formula is C21H26N2O3. The largest absolute Gasteiger partial charge is 0.469 e. The quantitative estimate of drug-likeness (QED) is 0.793. The second-order valence-electron chi connectivity index (χ2n) is 7.14. The highest BCUT2D eigenvalue weighted by atomic mass is 16.3. The molecule has 0 aliphatic carbocycles. The molecule has 1 saturated heterocycles. The molecule has 1 aromatic heterocycles. The molecule has 26 heavy (non-hydrogen) atoms. The van der Waals surface area contributed by atoms with Crippen molar-refractivity contribution in [2.24, 2.45) is 0 Å². The lowest BCUT2D eigenvalue weighted by atomic mass is 9.87. The first kappa shape index (κ1) is 18.2. The van der Waals surface area contributed by atoms with Crippen molar-refractivity contribution in [3.63, 3.8) is 0 Å². The summed E-state index contributed by atoms with van der Waals surface area (Å²) in [5.74, 6) is 1.01. The van der Waals surface area contributed by atoms with E-state index in [1.54, 1.807) is 11.2 Å². The van der Waals surface area contributed by atoms with E-state index >= 15 is 0 Å². The minimum atomic E-state index is -0.370. The first-order valence-corrected chi connectivity index (χ1v) is 9.18. The van der Waals surface area contributed by atoms with Gasteiger partial charge in [-0.25, -0.2) is 0 Å². The first-order chi connectivity index (χ1) is 12.6. The highest BCUT2D eigenvalue weighted by Gasteiger charge is 2.38. The summed E-state index contributed by atoms with van der Waals surface area (Å²) < 4.78 is 5.45. The zero-order valence-corrected chi connectivity index (χ0v) is 15.2. The highest BCUT2D eigenvalue weighted by Crippen LogP contribution is 2.30. The number of nitrogens with one attached hydrogen (secondary N) is 1. The average molecular weight is 354 g/mol. The fourth-order valence-electron chi connectivity index (χ4n) is 3.53. The lowest BCUT2D eigenvalue weighted by Gasteiger charge is -2.29. The van der Waals surface area contributed by atoms with Gasteiger partial charge in [-0.1, -0.05) is 30.3 Å². The average Bonchev–Trinajstić information content (AvgIpc) is 3.29. The molecule has 5 nitrogen and oxygen atoms in total. The maximum absolute atomic E-state index is 12.5. The van der Waals surface area contributed by atoms with Gasteiger partial charge in [0, 0.05) is 38.4 Å². The molecule has 2 amide bonds. The fraction of sp³-hybridized carbons (Fsp3) is 0.429. The fourth-order valence-corrected chi connectivity index (χ4v) is 3.53. The number of carbonyl (C=O) groups excluding carboxylic acids is 2. The Bertz CT molecular complexity index is 727. The van der Waals surface area contributed by atoms with E-state index in [1.807, 2.05) is 37.4 Å². The van der Waals surface area contributed by atoms with Gasteiger partial charge in [-0.3, -0.25) is 9.59 Å². The van der Waals surface area contributed by atoms with Gasteiger partial charge < -0.3 is 14.6 Å². The van der Waals surface area contributed by atoms with E-state index in [9.17, 15) is 9.59 Å². The van der Waals surface area contributed by atoms with Crippen LogP contribution < -0.4 is 5.32 Å². The predicted molar refractivity (Wildman–Crippen MR) is 99.5 cm³/mol. The van der Waals surface area contributed by atoms with Crippen LogP contribution in [0.25, 0.3) is 0 Å². The SMILES string of the molecule is CN(CCc1ccccc1)C(=O)CCC1(Cc2ccco2)CCC(=O)N1. The van der Waals surface area contributed by atoms with Crippen LogP contribution in [0, 0.1) is 0 Å². The maximum Gasteiger partial charge on any atom is 0.222 e.